The number of carbonyl (C=O) groups excluding carboxylic acids is 1. The second-order valence-electron chi connectivity index (χ2n) is 6.62. The highest BCUT2D eigenvalue weighted by Crippen LogP contribution is 2.21. The van der Waals surface area contributed by atoms with Crippen LogP contribution in [-0.4, -0.2) is 14.3 Å². The molecule has 0 unspecified atom stereocenters. The maximum absolute atomic E-state index is 12.7. The number of nitrogens with one attached hydrogen (secondary N) is 2. The quantitative estimate of drug-likeness (QED) is 0.663. The lowest BCUT2D eigenvalue weighted by Gasteiger charge is -2.12. The SMILES string of the molecule is Cc1ccc(C)c(S(=O)(=O)Nc2ccc(C(=O)NCc3ccccc3)cc2)c1. The van der Waals surface area contributed by atoms with Crippen LogP contribution in [0.4, 0.5) is 5.69 Å². The van der Waals surface area contributed by atoms with Crippen LogP contribution in [-0.2, 0) is 16.6 Å². The van der Waals surface area contributed by atoms with E-state index in [9.17, 15) is 13.2 Å². The molecule has 0 aliphatic rings. The molecule has 0 atom stereocenters. The van der Waals surface area contributed by atoms with Gasteiger partial charge < -0.3 is 5.32 Å². The average Bonchev–Trinajstić information content (AvgIpc) is 2.69. The van der Waals surface area contributed by atoms with Gasteiger partial charge in [-0.15, -0.1) is 0 Å². The van der Waals surface area contributed by atoms with E-state index in [-0.39, 0.29) is 10.8 Å². The Kier molecular flexibility index (Phi) is 5.80. The summed E-state index contributed by atoms with van der Waals surface area (Å²) in [5.74, 6) is -0.215. The maximum Gasteiger partial charge on any atom is 0.262 e. The van der Waals surface area contributed by atoms with Gasteiger partial charge in [0.15, 0.2) is 0 Å². The average molecular weight is 394 g/mol. The highest BCUT2D eigenvalue weighted by Gasteiger charge is 2.17. The summed E-state index contributed by atoms with van der Waals surface area (Å²) in [5, 5.41) is 2.84. The minimum atomic E-state index is -3.70. The van der Waals surface area contributed by atoms with Gasteiger partial charge in [-0.1, -0.05) is 42.5 Å². The molecule has 1 amide bonds. The van der Waals surface area contributed by atoms with Crippen LogP contribution in [0.3, 0.4) is 0 Å². The summed E-state index contributed by atoms with van der Waals surface area (Å²) in [6, 6.07) is 21.3. The number of carbonyl (C=O) groups is 1. The van der Waals surface area contributed by atoms with Crippen LogP contribution in [0.25, 0.3) is 0 Å². The zero-order valence-corrected chi connectivity index (χ0v) is 16.6. The molecular weight excluding hydrogens is 372 g/mol. The fourth-order valence-electron chi connectivity index (χ4n) is 2.78. The van der Waals surface area contributed by atoms with Crippen molar-refractivity contribution in [3.63, 3.8) is 0 Å². The van der Waals surface area contributed by atoms with Gasteiger partial charge in [0, 0.05) is 17.8 Å². The molecule has 0 spiro atoms. The van der Waals surface area contributed by atoms with Gasteiger partial charge in [0.1, 0.15) is 0 Å². The fraction of sp³-hybridized carbons (Fsp3) is 0.136. The Hall–Kier alpha value is -3.12. The van der Waals surface area contributed by atoms with Gasteiger partial charge in [-0.25, -0.2) is 8.42 Å². The number of benzene rings is 3. The molecule has 0 radical (unpaired) electrons. The Labute approximate surface area is 165 Å². The van der Waals surface area contributed by atoms with Crippen molar-refractivity contribution >= 4 is 21.6 Å². The van der Waals surface area contributed by atoms with Crippen molar-refractivity contribution in [2.24, 2.45) is 0 Å². The Morgan fingerprint density at radius 1 is 0.893 bits per heavy atom. The van der Waals surface area contributed by atoms with E-state index in [2.05, 4.69) is 10.0 Å². The molecule has 0 saturated heterocycles. The summed E-state index contributed by atoms with van der Waals surface area (Å²) in [6.07, 6.45) is 0. The first-order valence-corrected chi connectivity index (χ1v) is 10.4. The molecule has 0 saturated carbocycles. The van der Waals surface area contributed by atoms with Gasteiger partial charge >= 0.3 is 0 Å². The number of amides is 1. The molecule has 0 aromatic heterocycles. The van der Waals surface area contributed by atoms with Gasteiger partial charge in [0.05, 0.1) is 4.90 Å². The largest absolute Gasteiger partial charge is 0.348 e. The summed E-state index contributed by atoms with van der Waals surface area (Å²) in [7, 11) is -3.70. The number of anilines is 1. The molecule has 0 fully saturated rings. The van der Waals surface area contributed by atoms with E-state index in [0.29, 0.717) is 23.4 Å². The highest BCUT2D eigenvalue weighted by molar-refractivity contribution is 7.92. The molecular formula is C22H22N2O3S. The zero-order chi connectivity index (χ0) is 20.1. The topological polar surface area (TPSA) is 75.3 Å². The molecule has 2 N–H and O–H groups in total. The van der Waals surface area contributed by atoms with Crippen LogP contribution in [0.5, 0.6) is 0 Å². The van der Waals surface area contributed by atoms with Crippen LogP contribution in [0.1, 0.15) is 27.0 Å². The van der Waals surface area contributed by atoms with E-state index < -0.39 is 10.0 Å². The fourth-order valence-corrected chi connectivity index (χ4v) is 4.17. The second-order valence-corrected chi connectivity index (χ2v) is 8.27. The van der Waals surface area contributed by atoms with E-state index in [1.165, 1.54) is 0 Å². The Bertz CT molecular complexity index is 1080. The number of aryl methyl sites for hydroxylation is 2. The van der Waals surface area contributed by atoms with Crippen LogP contribution < -0.4 is 10.0 Å². The number of sulfonamides is 1. The lowest BCUT2D eigenvalue weighted by Crippen LogP contribution is -2.22. The zero-order valence-electron chi connectivity index (χ0n) is 15.8. The third-order valence-corrected chi connectivity index (χ3v) is 5.85. The van der Waals surface area contributed by atoms with E-state index in [1.807, 2.05) is 43.3 Å². The predicted molar refractivity (Wildman–Crippen MR) is 111 cm³/mol. The Morgan fingerprint density at radius 2 is 1.57 bits per heavy atom. The molecule has 144 valence electrons. The smallest absolute Gasteiger partial charge is 0.262 e. The van der Waals surface area contributed by atoms with Gasteiger partial charge in [-0.05, 0) is 60.9 Å². The number of rotatable bonds is 6. The minimum absolute atomic E-state index is 0.215. The lowest BCUT2D eigenvalue weighted by molar-refractivity contribution is 0.0951. The van der Waals surface area contributed by atoms with Crippen molar-refractivity contribution in [3.8, 4) is 0 Å². The van der Waals surface area contributed by atoms with E-state index in [0.717, 1.165) is 11.1 Å². The van der Waals surface area contributed by atoms with Crippen molar-refractivity contribution in [1.82, 2.24) is 5.32 Å². The predicted octanol–water partition coefficient (Wildman–Crippen LogP) is 4.03. The molecule has 0 bridgehead atoms. The summed E-state index contributed by atoms with van der Waals surface area (Å²) in [5.41, 5.74) is 3.42. The van der Waals surface area contributed by atoms with Gasteiger partial charge in [-0.2, -0.15) is 0 Å². The lowest BCUT2D eigenvalue weighted by atomic mass is 10.2. The van der Waals surface area contributed by atoms with Crippen LogP contribution in [0, 0.1) is 13.8 Å². The van der Waals surface area contributed by atoms with Crippen LogP contribution in [0.2, 0.25) is 0 Å². The summed E-state index contributed by atoms with van der Waals surface area (Å²) in [4.78, 5) is 12.5. The second kappa shape index (κ2) is 8.27. The van der Waals surface area contributed by atoms with E-state index in [1.54, 1.807) is 43.3 Å². The van der Waals surface area contributed by atoms with Crippen molar-refractivity contribution in [1.29, 1.82) is 0 Å². The minimum Gasteiger partial charge on any atom is -0.348 e. The summed E-state index contributed by atoms with van der Waals surface area (Å²) >= 11 is 0. The molecule has 3 rings (SSSR count). The van der Waals surface area contributed by atoms with E-state index in [4.69, 9.17) is 0 Å². The molecule has 3 aromatic carbocycles. The third kappa shape index (κ3) is 4.78. The summed E-state index contributed by atoms with van der Waals surface area (Å²) < 4.78 is 27.9. The first kappa shape index (κ1) is 19.6. The first-order chi connectivity index (χ1) is 13.3. The Morgan fingerprint density at radius 3 is 2.25 bits per heavy atom. The molecule has 0 aliphatic heterocycles. The maximum atomic E-state index is 12.7. The molecule has 5 nitrogen and oxygen atoms in total. The van der Waals surface area contributed by atoms with Gasteiger partial charge in [0.2, 0.25) is 0 Å². The standard InChI is InChI=1S/C22H22N2O3S/c1-16-8-9-17(2)21(14-16)28(26,27)24-20-12-10-19(11-13-20)22(25)23-15-18-6-4-3-5-7-18/h3-14,24H,15H2,1-2H3,(H,23,25). The van der Waals surface area contributed by atoms with E-state index >= 15 is 0 Å². The molecule has 28 heavy (non-hydrogen) atoms. The number of hydrogen-bond acceptors (Lipinski definition) is 3. The van der Waals surface area contributed by atoms with Gasteiger partial charge in [0.25, 0.3) is 15.9 Å². The Balaban J connectivity index is 1.68. The van der Waals surface area contributed by atoms with Gasteiger partial charge in [-0.3, -0.25) is 9.52 Å². The highest BCUT2D eigenvalue weighted by atomic mass is 32.2. The normalized spacial score (nSPS) is 11.1. The van der Waals surface area contributed by atoms with Crippen LogP contribution in [0.15, 0.2) is 77.7 Å². The third-order valence-electron chi connectivity index (χ3n) is 4.33. The van der Waals surface area contributed by atoms with Crippen molar-refractivity contribution in [2.75, 3.05) is 4.72 Å². The van der Waals surface area contributed by atoms with Crippen LogP contribution >= 0.6 is 0 Å². The molecule has 3 aromatic rings. The molecule has 6 heteroatoms. The molecule has 0 aliphatic carbocycles. The van der Waals surface area contributed by atoms with Crippen molar-refractivity contribution < 1.29 is 13.2 Å². The van der Waals surface area contributed by atoms with Crippen molar-refractivity contribution in [2.45, 2.75) is 25.3 Å². The monoisotopic (exact) mass is 394 g/mol. The molecule has 0 heterocycles. The first-order valence-electron chi connectivity index (χ1n) is 8.87. The van der Waals surface area contributed by atoms with Crippen molar-refractivity contribution in [3.05, 3.63) is 95.1 Å². The summed E-state index contributed by atoms with van der Waals surface area (Å²) in [6.45, 7) is 4.04. The number of hydrogen-bond donors (Lipinski definition) is 2.